The van der Waals surface area contributed by atoms with Gasteiger partial charge >= 0.3 is 0 Å². The third kappa shape index (κ3) is 2.98. The van der Waals surface area contributed by atoms with E-state index in [1.165, 1.54) is 34.9 Å². The predicted octanol–water partition coefficient (Wildman–Crippen LogP) is 4.82. The van der Waals surface area contributed by atoms with Crippen LogP contribution in [0.3, 0.4) is 0 Å². The maximum absolute atomic E-state index is 5.58. The van der Waals surface area contributed by atoms with E-state index in [2.05, 4.69) is 72.2 Å². The van der Waals surface area contributed by atoms with E-state index in [9.17, 15) is 0 Å². The van der Waals surface area contributed by atoms with Crippen LogP contribution in [0.5, 0.6) is 5.75 Å². The van der Waals surface area contributed by atoms with Crippen molar-refractivity contribution in [2.24, 2.45) is 0 Å². The first-order valence-electron chi connectivity index (χ1n) is 10.7. The summed E-state index contributed by atoms with van der Waals surface area (Å²) < 4.78 is 7.37. The smallest absolute Gasteiger partial charge is 0.197 e. The molecule has 3 aromatic heterocycles. The third-order valence-corrected chi connectivity index (χ3v) is 6.61. The number of aromatic nitrogens is 4. The van der Waals surface area contributed by atoms with Crippen LogP contribution in [0.15, 0.2) is 36.8 Å². The molecule has 1 aliphatic carbocycles. The second-order valence-corrected chi connectivity index (χ2v) is 8.98. The van der Waals surface area contributed by atoms with Crippen molar-refractivity contribution < 1.29 is 4.74 Å². The van der Waals surface area contributed by atoms with E-state index in [0.717, 1.165) is 22.7 Å². The van der Waals surface area contributed by atoms with Crippen molar-refractivity contribution in [2.45, 2.75) is 44.6 Å². The summed E-state index contributed by atoms with van der Waals surface area (Å²) in [7, 11) is 6.04. The second kappa shape index (κ2) is 7.13. The summed E-state index contributed by atoms with van der Waals surface area (Å²) in [4.78, 5) is 10.3. The maximum atomic E-state index is 5.58. The summed E-state index contributed by atoms with van der Waals surface area (Å²) in [5.41, 5.74) is 6.90. The Bertz CT molecular complexity index is 1210. The lowest BCUT2D eigenvalue weighted by molar-refractivity contribution is 0.166. The summed E-state index contributed by atoms with van der Waals surface area (Å²) in [6.45, 7) is 4.52. The number of pyridine rings is 1. The lowest BCUT2D eigenvalue weighted by Crippen LogP contribution is -2.39. The predicted molar refractivity (Wildman–Crippen MR) is 120 cm³/mol. The van der Waals surface area contributed by atoms with Crippen LogP contribution in [0, 0.1) is 0 Å². The fraction of sp³-hybridized carbons (Fsp3) is 0.417. The number of ether oxygens (including phenoxy) is 1. The van der Waals surface area contributed by atoms with E-state index in [4.69, 9.17) is 4.74 Å². The summed E-state index contributed by atoms with van der Waals surface area (Å²) in [6, 6.07) is 9.71. The fourth-order valence-electron chi connectivity index (χ4n) is 4.78. The highest BCUT2D eigenvalue weighted by atomic mass is 16.5. The molecular formula is C24H29N5O. The van der Waals surface area contributed by atoms with Gasteiger partial charge in [-0.3, -0.25) is 0 Å². The molecule has 5 rings (SSSR count). The molecule has 0 saturated heterocycles. The molecule has 3 heterocycles. The number of methoxy groups -OCH3 is 1. The van der Waals surface area contributed by atoms with Gasteiger partial charge in [-0.15, -0.1) is 0 Å². The summed E-state index contributed by atoms with van der Waals surface area (Å²) >= 11 is 0. The molecule has 156 valence electrons. The van der Waals surface area contributed by atoms with Crippen molar-refractivity contribution >= 4 is 16.6 Å². The lowest BCUT2D eigenvalue weighted by Gasteiger charge is -2.40. The molecule has 1 saturated carbocycles. The molecule has 0 spiro atoms. The molecule has 6 heteroatoms. The minimum atomic E-state index is 0.386. The zero-order valence-electron chi connectivity index (χ0n) is 18.3. The van der Waals surface area contributed by atoms with Crippen molar-refractivity contribution in [3.05, 3.63) is 47.9 Å². The topological polar surface area (TPSA) is 58.5 Å². The summed E-state index contributed by atoms with van der Waals surface area (Å²) in [5, 5.41) is 5.65. The number of aromatic amines is 1. The minimum absolute atomic E-state index is 0.386. The number of H-pyrrole nitrogens is 1. The Kier molecular flexibility index (Phi) is 4.54. The third-order valence-electron chi connectivity index (χ3n) is 6.61. The molecule has 0 unspecified atom stereocenters. The SMILES string of the molecule is COc1cc(-c2[nH]c3ccc(C4CC(N(C)C)C4)cc3c2C(C)C)cn2ncnc12. The quantitative estimate of drug-likeness (QED) is 0.519. The first-order valence-corrected chi connectivity index (χ1v) is 10.7. The van der Waals surface area contributed by atoms with Gasteiger partial charge in [0.25, 0.3) is 0 Å². The van der Waals surface area contributed by atoms with Crippen LogP contribution in [-0.4, -0.2) is 51.7 Å². The van der Waals surface area contributed by atoms with Gasteiger partial charge in [0.2, 0.25) is 0 Å². The van der Waals surface area contributed by atoms with E-state index in [1.54, 1.807) is 18.0 Å². The van der Waals surface area contributed by atoms with Crippen LogP contribution in [0.4, 0.5) is 0 Å². The van der Waals surface area contributed by atoms with E-state index in [-0.39, 0.29) is 0 Å². The number of benzene rings is 1. The van der Waals surface area contributed by atoms with Gasteiger partial charge in [0.15, 0.2) is 11.4 Å². The van der Waals surface area contributed by atoms with Crippen molar-refractivity contribution in [1.29, 1.82) is 0 Å². The average Bonchev–Trinajstić information content (AvgIpc) is 3.29. The molecule has 1 N–H and O–H groups in total. The van der Waals surface area contributed by atoms with Gasteiger partial charge < -0.3 is 14.6 Å². The Labute approximate surface area is 176 Å². The van der Waals surface area contributed by atoms with Crippen LogP contribution >= 0.6 is 0 Å². The van der Waals surface area contributed by atoms with E-state index < -0.39 is 0 Å². The van der Waals surface area contributed by atoms with Gasteiger partial charge in [0.1, 0.15) is 6.33 Å². The summed E-state index contributed by atoms with van der Waals surface area (Å²) in [6.07, 6.45) is 6.07. The molecule has 1 aliphatic rings. The minimum Gasteiger partial charge on any atom is -0.493 e. The normalized spacial score (nSPS) is 19.2. The Morgan fingerprint density at radius 3 is 2.70 bits per heavy atom. The van der Waals surface area contributed by atoms with E-state index in [1.807, 2.05) is 6.20 Å². The zero-order valence-corrected chi connectivity index (χ0v) is 18.3. The van der Waals surface area contributed by atoms with Crippen molar-refractivity contribution in [3.8, 4) is 17.0 Å². The van der Waals surface area contributed by atoms with Gasteiger partial charge in [-0.05, 0) is 68.1 Å². The van der Waals surface area contributed by atoms with Gasteiger partial charge in [-0.1, -0.05) is 19.9 Å². The number of fused-ring (bicyclic) bond motifs is 2. The van der Waals surface area contributed by atoms with Crippen LogP contribution in [0.25, 0.3) is 27.8 Å². The van der Waals surface area contributed by atoms with Crippen LogP contribution < -0.4 is 4.74 Å². The number of hydrogen-bond acceptors (Lipinski definition) is 4. The second-order valence-electron chi connectivity index (χ2n) is 8.98. The Morgan fingerprint density at radius 1 is 1.20 bits per heavy atom. The molecule has 6 nitrogen and oxygen atoms in total. The molecular weight excluding hydrogens is 374 g/mol. The monoisotopic (exact) mass is 403 g/mol. The summed E-state index contributed by atoms with van der Waals surface area (Å²) in [5.74, 6) is 1.77. The maximum Gasteiger partial charge on any atom is 0.197 e. The van der Waals surface area contributed by atoms with Gasteiger partial charge in [0, 0.05) is 28.7 Å². The Morgan fingerprint density at radius 2 is 2.00 bits per heavy atom. The molecule has 0 radical (unpaired) electrons. The molecule has 1 fully saturated rings. The highest BCUT2D eigenvalue weighted by Gasteiger charge is 2.32. The number of nitrogens with zero attached hydrogens (tertiary/aromatic N) is 4. The standard InChI is InChI=1S/C24H29N5O/c1-14(2)22-19-10-15(16-8-18(9-16)28(3)4)6-7-20(19)27-23(22)17-11-21(30-5)24-25-13-26-29(24)12-17/h6-7,10-14,16,18,27H,8-9H2,1-5H3. The molecule has 0 aliphatic heterocycles. The largest absolute Gasteiger partial charge is 0.493 e. The van der Waals surface area contributed by atoms with Crippen molar-refractivity contribution in [3.63, 3.8) is 0 Å². The number of rotatable bonds is 5. The van der Waals surface area contributed by atoms with E-state index >= 15 is 0 Å². The Balaban J connectivity index is 1.62. The molecule has 4 aromatic rings. The molecule has 30 heavy (non-hydrogen) atoms. The first kappa shape index (κ1) is 19.1. The molecule has 0 bridgehead atoms. The van der Waals surface area contributed by atoms with Gasteiger partial charge in [-0.2, -0.15) is 5.10 Å². The highest BCUT2D eigenvalue weighted by Crippen LogP contribution is 2.42. The van der Waals surface area contributed by atoms with Crippen molar-refractivity contribution in [1.82, 2.24) is 24.5 Å². The average molecular weight is 404 g/mol. The van der Waals surface area contributed by atoms with Crippen LogP contribution in [0.1, 0.15) is 49.7 Å². The van der Waals surface area contributed by atoms with E-state index in [0.29, 0.717) is 17.9 Å². The lowest BCUT2D eigenvalue weighted by atomic mass is 9.75. The van der Waals surface area contributed by atoms with Crippen LogP contribution in [-0.2, 0) is 0 Å². The highest BCUT2D eigenvalue weighted by molar-refractivity contribution is 5.92. The fourth-order valence-corrected chi connectivity index (χ4v) is 4.78. The Hall–Kier alpha value is -2.86. The number of hydrogen-bond donors (Lipinski definition) is 1. The van der Waals surface area contributed by atoms with Crippen molar-refractivity contribution in [2.75, 3.05) is 21.2 Å². The van der Waals surface area contributed by atoms with Gasteiger partial charge in [-0.25, -0.2) is 9.50 Å². The zero-order chi connectivity index (χ0) is 21.0. The van der Waals surface area contributed by atoms with Crippen LogP contribution in [0.2, 0.25) is 0 Å². The molecule has 1 aromatic carbocycles. The molecule has 0 amide bonds. The van der Waals surface area contributed by atoms with Gasteiger partial charge in [0.05, 0.1) is 12.8 Å². The first-order chi connectivity index (χ1) is 14.5. The number of nitrogens with one attached hydrogen (secondary N) is 1. The molecule has 0 atom stereocenters.